The summed E-state index contributed by atoms with van der Waals surface area (Å²) in [6, 6.07) is 6.10. The van der Waals surface area contributed by atoms with Gasteiger partial charge in [0.15, 0.2) is 0 Å². The summed E-state index contributed by atoms with van der Waals surface area (Å²) in [5.74, 6) is 0.0528. The molecule has 18 heavy (non-hydrogen) atoms. The first-order valence-electron chi connectivity index (χ1n) is 6.17. The largest absolute Gasteiger partial charge is 0.380 e. The number of rotatable bonds is 6. The molecule has 0 unspecified atom stereocenters. The first-order chi connectivity index (χ1) is 8.54. The van der Waals surface area contributed by atoms with Crippen LogP contribution in [0.25, 0.3) is 0 Å². The van der Waals surface area contributed by atoms with E-state index in [0.717, 1.165) is 16.8 Å². The zero-order valence-corrected chi connectivity index (χ0v) is 11.4. The molecule has 4 heteroatoms. The molecule has 1 aromatic carbocycles. The normalized spacial score (nSPS) is 10.4. The Morgan fingerprint density at radius 2 is 1.83 bits per heavy atom. The predicted octanol–water partition coefficient (Wildman–Crippen LogP) is 1.63. The van der Waals surface area contributed by atoms with E-state index in [4.69, 9.17) is 10.5 Å². The van der Waals surface area contributed by atoms with Crippen LogP contribution in [0.1, 0.15) is 17.5 Å². The van der Waals surface area contributed by atoms with Crippen LogP contribution >= 0.6 is 0 Å². The Morgan fingerprint density at radius 3 is 2.39 bits per heavy atom. The highest BCUT2D eigenvalue weighted by atomic mass is 16.5. The number of carbonyl (C=O) groups is 1. The fraction of sp³-hybridized carbons (Fsp3) is 0.500. The number of ether oxygens (including phenoxy) is 1. The summed E-state index contributed by atoms with van der Waals surface area (Å²) in [7, 11) is 1.79. The molecule has 0 atom stereocenters. The number of aryl methyl sites for hydroxylation is 2. The Kier molecular flexibility index (Phi) is 5.82. The predicted molar refractivity (Wildman–Crippen MR) is 73.8 cm³/mol. The maximum atomic E-state index is 11.9. The summed E-state index contributed by atoms with van der Waals surface area (Å²) in [5.41, 5.74) is 8.55. The molecular weight excluding hydrogens is 228 g/mol. The second kappa shape index (κ2) is 7.13. The first kappa shape index (κ1) is 14.7. The van der Waals surface area contributed by atoms with Crippen LogP contribution in [0, 0.1) is 13.8 Å². The Labute approximate surface area is 109 Å². The van der Waals surface area contributed by atoms with Crippen molar-refractivity contribution >= 4 is 11.6 Å². The van der Waals surface area contributed by atoms with E-state index in [1.54, 1.807) is 11.9 Å². The number of nitrogens with zero attached hydrogens (tertiary/aromatic N) is 1. The van der Waals surface area contributed by atoms with E-state index >= 15 is 0 Å². The molecule has 0 aliphatic carbocycles. The molecule has 0 fully saturated rings. The lowest BCUT2D eigenvalue weighted by atomic mass is 10.1. The quantitative estimate of drug-likeness (QED) is 0.781. The second-order valence-electron chi connectivity index (χ2n) is 4.45. The van der Waals surface area contributed by atoms with Crippen molar-refractivity contribution in [2.75, 3.05) is 31.7 Å². The van der Waals surface area contributed by atoms with Gasteiger partial charge in [-0.25, -0.2) is 0 Å². The topological polar surface area (TPSA) is 55.6 Å². The monoisotopic (exact) mass is 250 g/mol. The van der Waals surface area contributed by atoms with Crippen molar-refractivity contribution in [2.24, 2.45) is 5.73 Å². The molecule has 0 spiro atoms. The first-order valence-corrected chi connectivity index (χ1v) is 6.17. The maximum absolute atomic E-state index is 11.9. The minimum absolute atomic E-state index is 0.0528. The van der Waals surface area contributed by atoms with Gasteiger partial charge in [0, 0.05) is 19.3 Å². The molecule has 0 heterocycles. The second-order valence-corrected chi connectivity index (χ2v) is 4.45. The van der Waals surface area contributed by atoms with Crippen molar-refractivity contribution in [3.8, 4) is 0 Å². The molecule has 2 N–H and O–H groups in total. The van der Waals surface area contributed by atoms with Crippen molar-refractivity contribution in [2.45, 2.75) is 20.3 Å². The van der Waals surface area contributed by atoms with E-state index in [0.29, 0.717) is 26.2 Å². The highest BCUT2D eigenvalue weighted by molar-refractivity contribution is 5.93. The third kappa shape index (κ3) is 4.47. The van der Waals surface area contributed by atoms with E-state index in [2.05, 4.69) is 6.07 Å². The average Bonchev–Trinajstić information content (AvgIpc) is 2.32. The number of benzene rings is 1. The van der Waals surface area contributed by atoms with Crippen molar-refractivity contribution in [1.29, 1.82) is 0 Å². The Morgan fingerprint density at radius 1 is 1.22 bits per heavy atom. The molecule has 4 nitrogen and oxygen atoms in total. The molecule has 0 radical (unpaired) electrons. The van der Waals surface area contributed by atoms with Gasteiger partial charge in [0.2, 0.25) is 5.91 Å². The van der Waals surface area contributed by atoms with Gasteiger partial charge in [0.05, 0.1) is 19.6 Å². The van der Waals surface area contributed by atoms with Gasteiger partial charge in [0.1, 0.15) is 0 Å². The average molecular weight is 250 g/mol. The van der Waals surface area contributed by atoms with E-state index in [9.17, 15) is 4.79 Å². The molecule has 1 aromatic rings. The molecule has 0 aliphatic rings. The van der Waals surface area contributed by atoms with Gasteiger partial charge < -0.3 is 15.4 Å². The van der Waals surface area contributed by atoms with Crippen molar-refractivity contribution in [3.05, 3.63) is 29.3 Å². The lowest BCUT2D eigenvalue weighted by molar-refractivity contribution is -0.119. The Hall–Kier alpha value is -1.39. The lowest BCUT2D eigenvalue weighted by Gasteiger charge is -2.18. The smallest absolute Gasteiger partial charge is 0.229 e. The number of nitrogens with two attached hydrogens (primary N) is 1. The van der Waals surface area contributed by atoms with Gasteiger partial charge in [-0.15, -0.1) is 0 Å². The van der Waals surface area contributed by atoms with Crippen LogP contribution in [0.2, 0.25) is 0 Å². The van der Waals surface area contributed by atoms with Gasteiger partial charge in [-0.1, -0.05) is 6.07 Å². The van der Waals surface area contributed by atoms with Gasteiger partial charge in [-0.3, -0.25) is 4.79 Å². The van der Waals surface area contributed by atoms with Gasteiger partial charge >= 0.3 is 0 Å². The molecule has 0 aliphatic heterocycles. The molecule has 0 saturated heterocycles. The number of hydrogen-bond donors (Lipinski definition) is 1. The molecule has 1 rings (SSSR count). The van der Waals surface area contributed by atoms with Crippen LogP contribution in [0.3, 0.4) is 0 Å². The lowest BCUT2D eigenvalue weighted by Crippen LogP contribution is -2.27. The number of anilines is 1. The SMILES string of the molecule is Cc1cc(C)cc(N(C)C(=O)CCOCCN)c1. The van der Waals surface area contributed by atoms with Crippen molar-refractivity contribution in [1.82, 2.24) is 0 Å². The van der Waals surface area contributed by atoms with Crippen LogP contribution in [-0.4, -0.2) is 32.7 Å². The number of amides is 1. The van der Waals surface area contributed by atoms with Crippen LogP contribution in [0.4, 0.5) is 5.69 Å². The van der Waals surface area contributed by atoms with E-state index < -0.39 is 0 Å². The molecule has 1 amide bonds. The van der Waals surface area contributed by atoms with E-state index in [-0.39, 0.29) is 5.91 Å². The third-order valence-electron chi connectivity index (χ3n) is 2.69. The summed E-state index contributed by atoms with van der Waals surface area (Å²) in [4.78, 5) is 13.6. The highest BCUT2D eigenvalue weighted by Crippen LogP contribution is 2.18. The summed E-state index contributed by atoms with van der Waals surface area (Å²) in [5, 5.41) is 0. The molecular formula is C14H22N2O2. The number of carbonyl (C=O) groups excluding carboxylic acids is 1. The molecule has 0 bridgehead atoms. The molecule has 0 aromatic heterocycles. The van der Waals surface area contributed by atoms with E-state index in [1.165, 1.54) is 0 Å². The fourth-order valence-corrected chi connectivity index (χ4v) is 1.80. The maximum Gasteiger partial charge on any atom is 0.229 e. The number of hydrogen-bond acceptors (Lipinski definition) is 3. The van der Waals surface area contributed by atoms with E-state index in [1.807, 2.05) is 26.0 Å². The van der Waals surface area contributed by atoms with Crippen molar-refractivity contribution < 1.29 is 9.53 Å². The van der Waals surface area contributed by atoms with Crippen LogP contribution in [0.15, 0.2) is 18.2 Å². The zero-order chi connectivity index (χ0) is 13.5. The Bertz CT molecular complexity index is 385. The third-order valence-corrected chi connectivity index (χ3v) is 2.69. The summed E-state index contributed by atoms with van der Waals surface area (Å²) in [6.45, 7) is 5.46. The molecule has 100 valence electrons. The van der Waals surface area contributed by atoms with Gasteiger partial charge in [0.25, 0.3) is 0 Å². The summed E-state index contributed by atoms with van der Waals surface area (Å²) >= 11 is 0. The van der Waals surface area contributed by atoms with Crippen LogP contribution in [0.5, 0.6) is 0 Å². The van der Waals surface area contributed by atoms with Gasteiger partial charge in [-0.05, 0) is 37.1 Å². The standard InChI is InChI=1S/C14H22N2O2/c1-11-8-12(2)10-13(9-11)16(3)14(17)4-6-18-7-5-15/h8-10H,4-7,15H2,1-3H3. The molecule has 0 saturated carbocycles. The highest BCUT2D eigenvalue weighted by Gasteiger charge is 2.11. The zero-order valence-electron chi connectivity index (χ0n) is 11.4. The summed E-state index contributed by atoms with van der Waals surface area (Å²) < 4.78 is 5.21. The fourth-order valence-electron chi connectivity index (χ4n) is 1.80. The van der Waals surface area contributed by atoms with Gasteiger partial charge in [-0.2, -0.15) is 0 Å². The Balaban J connectivity index is 2.57. The minimum Gasteiger partial charge on any atom is -0.380 e. The van der Waals surface area contributed by atoms with Crippen molar-refractivity contribution in [3.63, 3.8) is 0 Å². The minimum atomic E-state index is 0.0528. The summed E-state index contributed by atoms with van der Waals surface area (Å²) in [6.07, 6.45) is 0.378. The van der Waals surface area contributed by atoms with Crippen LogP contribution in [-0.2, 0) is 9.53 Å². The van der Waals surface area contributed by atoms with Crippen LogP contribution < -0.4 is 10.6 Å².